The molecule has 7 heteroatoms. The predicted octanol–water partition coefficient (Wildman–Crippen LogP) is 6.43. The molecule has 190 valence electrons. The third kappa shape index (κ3) is 3.11. The van der Waals surface area contributed by atoms with Gasteiger partial charge < -0.3 is 9.31 Å². The Balaban J connectivity index is 1.49. The number of rotatable bonds is 2. The van der Waals surface area contributed by atoms with Crippen LogP contribution in [0.3, 0.4) is 0 Å². The fourth-order valence-electron chi connectivity index (χ4n) is 5.81. The smallest absolute Gasteiger partial charge is 0.399 e. The molecule has 0 aliphatic carbocycles. The van der Waals surface area contributed by atoms with E-state index in [0.717, 1.165) is 55.4 Å². The Bertz CT molecular complexity index is 2090. The van der Waals surface area contributed by atoms with E-state index >= 15 is 0 Å². The van der Waals surface area contributed by atoms with Crippen LogP contribution in [0.25, 0.3) is 55.3 Å². The van der Waals surface area contributed by atoms with Gasteiger partial charge in [0.05, 0.1) is 38.8 Å². The highest BCUT2D eigenvalue weighted by atomic mass is 16.7. The number of hydrogen-bond donors (Lipinski definition) is 0. The molecule has 0 bridgehead atoms. The Kier molecular flexibility index (Phi) is 4.48. The molecule has 0 amide bonds. The highest BCUT2D eigenvalue weighted by molar-refractivity contribution is 6.62. The van der Waals surface area contributed by atoms with Crippen LogP contribution in [0.4, 0.5) is 0 Å². The minimum absolute atomic E-state index is 0.416. The van der Waals surface area contributed by atoms with E-state index in [4.69, 9.17) is 19.3 Å². The Morgan fingerprint density at radius 1 is 0.615 bits per heavy atom. The first-order valence-electron chi connectivity index (χ1n) is 13.4. The highest BCUT2D eigenvalue weighted by Crippen LogP contribution is 2.38. The van der Waals surface area contributed by atoms with E-state index in [9.17, 15) is 0 Å². The summed E-state index contributed by atoms with van der Waals surface area (Å²) in [7, 11) is -0.454. The Morgan fingerprint density at radius 3 is 2.00 bits per heavy atom. The normalized spacial score (nSPS) is 16.9. The minimum Gasteiger partial charge on any atom is -0.399 e. The van der Waals surface area contributed by atoms with Crippen molar-refractivity contribution in [1.82, 2.24) is 18.9 Å². The lowest BCUT2D eigenvalue weighted by Crippen LogP contribution is -2.41. The van der Waals surface area contributed by atoms with Crippen molar-refractivity contribution in [1.29, 1.82) is 0 Å². The van der Waals surface area contributed by atoms with Crippen LogP contribution < -0.4 is 5.46 Å². The van der Waals surface area contributed by atoms with Gasteiger partial charge in [-0.25, -0.2) is 9.97 Å². The summed E-state index contributed by atoms with van der Waals surface area (Å²) in [5.41, 5.74) is 6.04. The predicted molar refractivity (Wildman–Crippen MR) is 158 cm³/mol. The maximum absolute atomic E-state index is 6.43. The molecular formula is C32H27BN4O2. The molecule has 4 heterocycles. The zero-order chi connectivity index (χ0) is 26.5. The minimum atomic E-state index is -0.454. The van der Waals surface area contributed by atoms with Crippen LogP contribution in [0.1, 0.15) is 27.7 Å². The number of fused-ring (bicyclic) bond motifs is 8. The van der Waals surface area contributed by atoms with Gasteiger partial charge in [-0.2, -0.15) is 0 Å². The van der Waals surface area contributed by atoms with Crippen LogP contribution >= 0.6 is 0 Å². The molecule has 1 aliphatic rings. The molecule has 1 fully saturated rings. The Morgan fingerprint density at radius 2 is 1.23 bits per heavy atom. The van der Waals surface area contributed by atoms with Crippen LogP contribution in [0.15, 0.2) is 91.0 Å². The van der Waals surface area contributed by atoms with Crippen molar-refractivity contribution in [2.45, 2.75) is 38.9 Å². The topological polar surface area (TPSA) is 53.6 Å². The number of benzene rings is 4. The molecule has 0 unspecified atom stereocenters. The lowest BCUT2D eigenvalue weighted by atomic mass is 9.79. The number of imidazole rings is 1. The molecular weight excluding hydrogens is 483 g/mol. The van der Waals surface area contributed by atoms with E-state index < -0.39 is 18.3 Å². The quantitative estimate of drug-likeness (QED) is 0.252. The molecule has 0 spiro atoms. The van der Waals surface area contributed by atoms with Gasteiger partial charge in [0, 0.05) is 16.2 Å². The molecule has 4 aromatic carbocycles. The largest absolute Gasteiger partial charge is 0.494 e. The fourth-order valence-corrected chi connectivity index (χ4v) is 5.81. The third-order valence-electron chi connectivity index (χ3n) is 8.55. The summed E-state index contributed by atoms with van der Waals surface area (Å²) in [6.45, 7) is 8.34. The maximum Gasteiger partial charge on any atom is 0.494 e. The molecule has 1 aliphatic heterocycles. The van der Waals surface area contributed by atoms with Crippen molar-refractivity contribution in [3.63, 3.8) is 0 Å². The van der Waals surface area contributed by atoms with Crippen LogP contribution in [0, 0.1) is 0 Å². The molecule has 7 aromatic rings. The van der Waals surface area contributed by atoms with E-state index in [1.165, 1.54) is 5.39 Å². The van der Waals surface area contributed by atoms with Crippen molar-refractivity contribution in [2.24, 2.45) is 0 Å². The summed E-state index contributed by atoms with van der Waals surface area (Å²) in [5, 5.41) is 3.34. The molecule has 0 saturated carbocycles. The van der Waals surface area contributed by atoms with Crippen molar-refractivity contribution in [3.8, 4) is 5.95 Å². The standard InChI is InChI=1S/C32H27BN4O2/c1-31(2)32(3,4)39-33(38-31)20-17-18-22-21-11-6-9-15-26(21)36(28(22)19-20)30-35-24-13-7-5-12-23(24)29-34-25-14-8-10-16-27(25)37(29)30/h5-19H,1-4H3. The van der Waals surface area contributed by atoms with E-state index in [-0.39, 0.29) is 0 Å². The van der Waals surface area contributed by atoms with Gasteiger partial charge in [-0.1, -0.05) is 54.6 Å². The summed E-state index contributed by atoms with van der Waals surface area (Å²) in [5.74, 6) is 0.801. The van der Waals surface area contributed by atoms with Crippen molar-refractivity contribution in [3.05, 3.63) is 91.0 Å². The summed E-state index contributed by atoms with van der Waals surface area (Å²) >= 11 is 0. The average molecular weight is 510 g/mol. The zero-order valence-electron chi connectivity index (χ0n) is 22.3. The monoisotopic (exact) mass is 510 g/mol. The van der Waals surface area contributed by atoms with Gasteiger partial charge in [-0.3, -0.25) is 8.97 Å². The Labute approximate surface area is 225 Å². The van der Waals surface area contributed by atoms with E-state index in [2.05, 4.69) is 109 Å². The summed E-state index contributed by atoms with van der Waals surface area (Å²) in [6.07, 6.45) is 0. The summed E-state index contributed by atoms with van der Waals surface area (Å²) in [6, 6.07) is 31.5. The van der Waals surface area contributed by atoms with Crippen molar-refractivity contribution in [2.75, 3.05) is 0 Å². The van der Waals surface area contributed by atoms with Crippen LogP contribution in [0.5, 0.6) is 0 Å². The molecule has 1 saturated heterocycles. The maximum atomic E-state index is 6.43. The first-order valence-corrected chi connectivity index (χ1v) is 13.4. The zero-order valence-corrected chi connectivity index (χ0v) is 22.3. The van der Waals surface area contributed by atoms with Gasteiger partial charge in [0.15, 0.2) is 0 Å². The van der Waals surface area contributed by atoms with Crippen LogP contribution in [-0.4, -0.2) is 37.3 Å². The van der Waals surface area contributed by atoms with Gasteiger partial charge in [0.1, 0.15) is 5.65 Å². The molecule has 39 heavy (non-hydrogen) atoms. The van der Waals surface area contributed by atoms with Gasteiger partial charge in [-0.05, 0) is 69.6 Å². The van der Waals surface area contributed by atoms with Crippen LogP contribution in [-0.2, 0) is 9.31 Å². The second-order valence-corrected chi connectivity index (χ2v) is 11.4. The van der Waals surface area contributed by atoms with Gasteiger partial charge >= 0.3 is 7.12 Å². The Hall–Kier alpha value is -4.20. The van der Waals surface area contributed by atoms with Gasteiger partial charge in [-0.15, -0.1) is 0 Å². The molecule has 0 radical (unpaired) electrons. The van der Waals surface area contributed by atoms with Crippen molar-refractivity contribution < 1.29 is 9.31 Å². The van der Waals surface area contributed by atoms with E-state index in [0.29, 0.717) is 0 Å². The van der Waals surface area contributed by atoms with E-state index in [1.54, 1.807) is 0 Å². The number of hydrogen-bond acceptors (Lipinski definition) is 4. The molecule has 0 atom stereocenters. The lowest BCUT2D eigenvalue weighted by Gasteiger charge is -2.32. The first-order chi connectivity index (χ1) is 18.8. The lowest BCUT2D eigenvalue weighted by molar-refractivity contribution is 0.00578. The highest BCUT2D eigenvalue weighted by Gasteiger charge is 2.51. The first kappa shape index (κ1) is 22.8. The number of para-hydroxylation sites is 4. The molecule has 3 aromatic heterocycles. The number of aromatic nitrogens is 4. The van der Waals surface area contributed by atoms with E-state index in [1.807, 2.05) is 18.2 Å². The SMILES string of the molecule is CC1(C)OB(c2ccc3c4ccccc4n(-c4nc5ccccc5c5nc6ccccc6n45)c3c2)OC1(C)C. The van der Waals surface area contributed by atoms with Crippen LogP contribution in [0.2, 0.25) is 0 Å². The molecule has 8 rings (SSSR count). The fraction of sp³-hybridized carbons (Fsp3) is 0.188. The summed E-state index contributed by atoms with van der Waals surface area (Å²) < 4.78 is 17.3. The van der Waals surface area contributed by atoms with Gasteiger partial charge in [0.2, 0.25) is 5.95 Å². The second kappa shape index (κ2) is 7.68. The number of nitrogens with zero attached hydrogens (tertiary/aromatic N) is 4. The molecule has 0 N–H and O–H groups in total. The average Bonchev–Trinajstić information content (AvgIpc) is 3.55. The van der Waals surface area contributed by atoms with Gasteiger partial charge in [0.25, 0.3) is 0 Å². The molecule has 6 nitrogen and oxygen atoms in total. The second-order valence-electron chi connectivity index (χ2n) is 11.4. The third-order valence-corrected chi connectivity index (χ3v) is 8.55. The summed E-state index contributed by atoms with van der Waals surface area (Å²) in [4.78, 5) is 10.3. The van der Waals surface area contributed by atoms with Crippen molar-refractivity contribution >= 4 is 62.0 Å².